The Hall–Kier alpha value is -1.18. The van der Waals surface area contributed by atoms with Gasteiger partial charge in [-0.1, -0.05) is 0 Å². The molecule has 1 aromatic rings. The third kappa shape index (κ3) is 4.16. The van der Waals surface area contributed by atoms with Crippen LogP contribution in [-0.2, 0) is 11.2 Å². The van der Waals surface area contributed by atoms with Crippen molar-refractivity contribution in [1.29, 1.82) is 0 Å². The number of piperazine rings is 1. The first-order valence-electron chi connectivity index (χ1n) is 6.96. The van der Waals surface area contributed by atoms with Crippen molar-refractivity contribution < 1.29 is 4.79 Å². The fourth-order valence-corrected chi connectivity index (χ4v) is 2.87. The zero-order valence-electron chi connectivity index (χ0n) is 12.1. The summed E-state index contributed by atoms with van der Waals surface area (Å²) in [5.74, 6) is 0.0951. The van der Waals surface area contributed by atoms with E-state index in [9.17, 15) is 4.79 Å². The van der Waals surface area contributed by atoms with Gasteiger partial charge in [0.2, 0.25) is 5.91 Å². The van der Waals surface area contributed by atoms with Gasteiger partial charge >= 0.3 is 0 Å². The maximum atomic E-state index is 12.1. The monoisotopic (exact) mass is 297 g/mol. The van der Waals surface area contributed by atoms with Crippen molar-refractivity contribution in [2.45, 2.75) is 19.4 Å². The Morgan fingerprint density at radius 2 is 2.20 bits per heavy atom. The van der Waals surface area contributed by atoms with Gasteiger partial charge in [0.25, 0.3) is 0 Å². The molecule has 1 aliphatic rings. The van der Waals surface area contributed by atoms with Gasteiger partial charge < -0.3 is 16.0 Å². The first-order valence-corrected chi connectivity index (χ1v) is 7.84. The van der Waals surface area contributed by atoms with E-state index in [4.69, 9.17) is 5.73 Å². The van der Waals surface area contributed by atoms with Crippen molar-refractivity contribution in [2.24, 2.45) is 0 Å². The maximum absolute atomic E-state index is 12.1. The molecule has 0 aliphatic carbocycles. The summed E-state index contributed by atoms with van der Waals surface area (Å²) < 4.78 is 0. The summed E-state index contributed by atoms with van der Waals surface area (Å²) in [5, 5.41) is 5.49. The van der Waals surface area contributed by atoms with Gasteiger partial charge in [-0.3, -0.25) is 9.69 Å². The van der Waals surface area contributed by atoms with Crippen LogP contribution in [0, 0.1) is 0 Å². The first-order chi connectivity index (χ1) is 9.56. The highest BCUT2D eigenvalue weighted by Crippen LogP contribution is 2.11. The van der Waals surface area contributed by atoms with Crippen molar-refractivity contribution in [3.05, 3.63) is 11.1 Å². The molecule has 1 amide bonds. The van der Waals surface area contributed by atoms with Crippen LogP contribution in [0.25, 0.3) is 0 Å². The molecule has 0 unspecified atom stereocenters. The minimum Gasteiger partial charge on any atom is -0.375 e. The van der Waals surface area contributed by atoms with Crippen molar-refractivity contribution in [2.75, 3.05) is 45.5 Å². The normalized spacial score (nSPS) is 18.9. The van der Waals surface area contributed by atoms with Crippen LogP contribution in [-0.4, -0.2) is 66.5 Å². The van der Waals surface area contributed by atoms with E-state index in [1.165, 1.54) is 11.3 Å². The molecular formula is C13H23N5OS. The molecule has 0 radical (unpaired) electrons. The fourth-order valence-electron chi connectivity index (χ4n) is 2.27. The Kier molecular flexibility index (Phi) is 5.33. The van der Waals surface area contributed by atoms with Gasteiger partial charge in [0, 0.05) is 44.5 Å². The predicted octanol–water partition coefficient (Wildman–Crippen LogP) is 0.0199. The predicted molar refractivity (Wildman–Crippen MR) is 81.8 cm³/mol. The molecule has 1 aliphatic heterocycles. The van der Waals surface area contributed by atoms with Gasteiger partial charge in [-0.2, -0.15) is 0 Å². The lowest BCUT2D eigenvalue weighted by Crippen LogP contribution is -2.53. The number of anilines is 1. The highest BCUT2D eigenvalue weighted by Gasteiger charge is 2.23. The number of carbonyl (C=O) groups excluding carboxylic acids is 1. The number of thiazole rings is 1. The number of nitrogens with one attached hydrogen (secondary N) is 1. The summed E-state index contributed by atoms with van der Waals surface area (Å²) in [4.78, 5) is 20.8. The summed E-state index contributed by atoms with van der Waals surface area (Å²) in [5.41, 5.74) is 6.52. The molecule has 6 nitrogen and oxygen atoms in total. The number of rotatable bonds is 5. The molecule has 20 heavy (non-hydrogen) atoms. The first kappa shape index (κ1) is 15.2. The molecule has 1 atom stereocenters. The van der Waals surface area contributed by atoms with Crippen LogP contribution in [0.5, 0.6) is 0 Å². The molecule has 1 fully saturated rings. The lowest BCUT2D eigenvalue weighted by atomic mass is 10.2. The lowest BCUT2D eigenvalue weighted by Gasteiger charge is -2.35. The van der Waals surface area contributed by atoms with E-state index in [-0.39, 0.29) is 11.9 Å². The van der Waals surface area contributed by atoms with E-state index in [0.29, 0.717) is 11.7 Å². The molecule has 2 heterocycles. The van der Waals surface area contributed by atoms with Crippen LogP contribution >= 0.6 is 11.3 Å². The van der Waals surface area contributed by atoms with Crippen LogP contribution in [0.1, 0.15) is 12.6 Å². The molecular weight excluding hydrogens is 274 g/mol. The highest BCUT2D eigenvalue weighted by atomic mass is 32.1. The number of aromatic nitrogens is 1. The molecule has 0 aromatic carbocycles. The number of nitrogens with two attached hydrogens (primary N) is 1. The Labute approximate surface area is 124 Å². The van der Waals surface area contributed by atoms with E-state index in [0.717, 1.165) is 38.3 Å². The highest BCUT2D eigenvalue weighted by molar-refractivity contribution is 7.13. The second-order valence-electron chi connectivity index (χ2n) is 5.23. The Balaban J connectivity index is 1.71. The van der Waals surface area contributed by atoms with E-state index < -0.39 is 0 Å². The zero-order chi connectivity index (χ0) is 14.5. The summed E-state index contributed by atoms with van der Waals surface area (Å²) in [6.07, 6.45) is 0.731. The standard InChI is InChI=1S/C13H23N5OS/c1-10(18-7-5-17(2)6-8-18)12(19)15-4-3-11-9-20-13(14)16-11/h9-10H,3-8H2,1-2H3,(H2,14,16)(H,15,19)/t10-/m1/s1. The Bertz CT molecular complexity index is 442. The third-order valence-electron chi connectivity index (χ3n) is 3.71. The Morgan fingerprint density at radius 3 is 2.80 bits per heavy atom. The second kappa shape index (κ2) is 7.01. The molecule has 7 heteroatoms. The SMILES string of the molecule is C[C@H](C(=O)NCCc1csc(N)n1)N1CCN(C)CC1. The number of nitrogen functional groups attached to an aromatic ring is 1. The van der Waals surface area contributed by atoms with Gasteiger partial charge in [-0.15, -0.1) is 11.3 Å². The molecule has 1 saturated heterocycles. The average Bonchev–Trinajstić information content (AvgIpc) is 2.84. The maximum Gasteiger partial charge on any atom is 0.237 e. The summed E-state index contributed by atoms with van der Waals surface area (Å²) >= 11 is 1.43. The molecule has 3 N–H and O–H groups in total. The van der Waals surface area contributed by atoms with Crippen molar-refractivity contribution in [3.63, 3.8) is 0 Å². The van der Waals surface area contributed by atoms with Gasteiger partial charge in [-0.25, -0.2) is 4.98 Å². The van der Waals surface area contributed by atoms with Gasteiger partial charge in [0.1, 0.15) is 0 Å². The summed E-state index contributed by atoms with van der Waals surface area (Å²) in [7, 11) is 2.11. The topological polar surface area (TPSA) is 74.5 Å². The third-order valence-corrected chi connectivity index (χ3v) is 4.44. The summed E-state index contributed by atoms with van der Waals surface area (Å²) in [6, 6.07) is -0.0656. The minimum absolute atomic E-state index is 0.0656. The van der Waals surface area contributed by atoms with Crippen molar-refractivity contribution in [3.8, 4) is 0 Å². The van der Waals surface area contributed by atoms with Crippen LogP contribution in [0.15, 0.2) is 5.38 Å². The van der Waals surface area contributed by atoms with E-state index in [1.54, 1.807) is 0 Å². The lowest BCUT2D eigenvalue weighted by molar-refractivity contribution is -0.126. The number of carbonyl (C=O) groups is 1. The van der Waals surface area contributed by atoms with E-state index in [1.807, 2.05) is 12.3 Å². The molecule has 0 saturated carbocycles. The molecule has 1 aromatic heterocycles. The average molecular weight is 297 g/mol. The van der Waals surface area contributed by atoms with Gasteiger partial charge in [-0.05, 0) is 14.0 Å². The van der Waals surface area contributed by atoms with Crippen LogP contribution in [0.2, 0.25) is 0 Å². The van der Waals surface area contributed by atoms with E-state index >= 15 is 0 Å². The van der Waals surface area contributed by atoms with Crippen LogP contribution < -0.4 is 11.1 Å². The van der Waals surface area contributed by atoms with E-state index in [2.05, 4.69) is 27.1 Å². The largest absolute Gasteiger partial charge is 0.375 e. The molecule has 0 bridgehead atoms. The molecule has 2 rings (SSSR count). The van der Waals surface area contributed by atoms with Gasteiger partial charge in [0.15, 0.2) is 5.13 Å². The number of likely N-dealkylation sites (N-methyl/N-ethyl adjacent to an activating group) is 1. The minimum atomic E-state index is -0.0656. The molecule has 0 spiro atoms. The number of nitrogens with zero attached hydrogens (tertiary/aromatic N) is 3. The molecule has 112 valence electrons. The Morgan fingerprint density at radius 1 is 1.50 bits per heavy atom. The van der Waals surface area contributed by atoms with Crippen LogP contribution in [0.3, 0.4) is 0 Å². The second-order valence-corrected chi connectivity index (χ2v) is 6.12. The number of amides is 1. The van der Waals surface area contributed by atoms with Crippen molar-refractivity contribution >= 4 is 22.4 Å². The zero-order valence-corrected chi connectivity index (χ0v) is 12.9. The number of hydrogen-bond donors (Lipinski definition) is 2. The smallest absolute Gasteiger partial charge is 0.237 e. The number of hydrogen-bond acceptors (Lipinski definition) is 6. The van der Waals surface area contributed by atoms with Gasteiger partial charge in [0.05, 0.1) is 11.7 Å². The quantitative estimate of drug-likeness (QED) is 0.801. The van der Waals surface area contributed by atoms with Crippen molar-refractivity contribution in [1.82, 2.24) is 20.1 Å². The van der Waals surface area contributed by atoms with Crippen LogP contribution in [0.4, 0.5) is 5.13 Å². The fraction of sp³-hybridized carbons (Fsp3) is 0.692. The summed E-state index contributed by atoms with van der Waals surface area (Å²) in [6.45, 7) is 6.54.